The molecule has 1 heterocycles. The van der Waals surface area contributed by atoms with Gasteiger partial charge in [0.15, 0.2) is 10.9 Å². The average Bonchev–Trinajstić information content (AvgIpc) is 2.66. The van der Waals surface area contributed by atoms with Crippen LogP contribution in [0.4, 0.5) is 0 Å². The Balaban J connectivity index is 2.19. The number of rotatable bonds is 6. The molecule has 28 heavy (non-hydrogen) atoms. The van der Waals surface area contributed by atoms with Gasteiger partial charge >= 0.3 is 11.9 Å². The van der Waals surface area contributed by atoms with E-state index in [1.807, 2.05) is 13.8 Å². The molecule has 1 aromatic carbocycles. The van der Waals surface area contributed by atoms with E-state index in [9.17, 15) is 9.59 Å². The summed E-state index contributed by atoms with van der Waals surface area (Å²) in [6, 6.07) is 8.51. The molecule has 5 atom stereocenters. The SMILES string of the molecule is CC(=O)OCC1O[C@H](OC(=N)C(Cl)Cl)C(OC(=O)c2ccccc2)[C@@H](C)[C@@H]1C. The van der Waals surface area contributed by atoms with Crippen LogP contribution >= 0.6 is 23.2 Å². The second kappa shape index (κ2) is 10.1. The second-order valence-corrected chi connectivity index (χ2v) is 7.68. The zero-order chi connectivity index (χ0) is 20.8. The van der Waals surface area contributed by atoms with Gasteiger partial charge in [-0.05, 0) is 18.1 Å². The van der Waals surface area contributed by atoms with Crippen LogP contribution < -0.4 is 0 Å². The van der Waals surface area contributed by atoms with Gasteiger partial charge in [0.05, 0.1) is 11.7 Å². The van der Waals surface area contributed by atoms with Crippen molar-refractivity contribution in [3.8, 4) is 0 Å². The van der Waals surface area contributed by atoms with Gasteiger partial charge in [-0.15, -0.1) is 0 Å². The van der Waals surface area contributed by atoms with Crippen molar-refractivity contribution in [2.24, 2.45) is 11.8 Å². The van der Waals surface area contributed by atoms with E-state index in [0.717, 1.165) is 0 Å². The molecular formula is C19H23Cl2NO6. The van der Waals surface area contributed by atoms with Crippen LogP contribution in [0.5, 0.6) is 0 Å². The lowest BCUT2D eigenvalue weighted by atomic mass is 9.83. The minimum absolute atomic E-state index is 0.0125. The first-order valence-corrected chi connectivity index (χ1v) is 9.66. The number of alkyl halides is 2. The third-order valence-corrected chi connectivity index (χ3v) is 5.05. The van der Waals surface area contributed by atoms with Gasteiger partial charge in [0.1, 0.15) is 6.61 Å². The molecule has 0 aromatic heterocycles. The van der Waals surface area contributed by atoms with Crippen LogP contribution in [0, 0.1) is 17.2 Å². The van der Waals surface area contributed by atoms with E-state index in [1.54, 1.807) is 30.3 Å². The Morgan fingerprint density at radius 1 is 1.14 bits per heavy atom. The van der Waals surface area contributed by atoms with Crippen LogP contribution in [-0.2, 0) is 23.7 Å². The fourth-order valence-electron chi connectivity index (χ4n) is 2.85. The summed E-state index contributed by atoms with van der Waals surface area (Å²) in [5.74, 6) is -1.75. The predicted octanol–water partition coefficient (Wildman–Crippen LogP) is 3.57. The van der Waals surface area contributed by atoms with Crippen molar-refractivity contribution in [3.63, 3.8) is 0 Å². The Morgan fingerprint density at radius 3 is 2.36 bits per heavy atom. The summed E-state index contributed by atoms with van der Waals surface area (Å²) >= 11 is 11.4. The first-order chi connectivity index (χ1) is 13.2. The lowest BCUT2D eigenvalue weighted by Crippen LogP contribution is -2.54. The highest BCUT2D eigenvalue weighted by atomic mass is 35.5. The lowest BCUT2D eigenvalue weighted by molar-refractivity contribution is -0.250. The molecule has 0 spiro atoms. The van der Waals surface area contributed by atoms with Crippen molar-refractivity contribution in [1.82, 2.24) is 0 Å². The molecule has 154 valence electrons. The quantitative estimate of drug-likeness (QED) is 0.320. The van der Waals surface area contributed by atoms with Crippen LogP contribution in [0.25, 0.3) is 0 Å². The Kier molecular flexibility index (Phi) is 8.10. The molecule has 2 rings (SSSR count). The zero-order valence-electron chi connectivity index (χ0n) is 15.8. The van der Waals surface area contributed by atoms with Gasteiger partial charge in [-0.25, -0.2) is 4.79 Å². The highest BCUT2D eigenvalue weighted by Gasteiger charge is 2.46. The highest BCUT2D eigenvalue weighted by molar-refractivity contribution is 6.53. The van der Waals surface area contributed by atoms with E-state index >= 15 is 0 Å². The summed E-state index contributed by atoms with van der Waals surface area (Å²) in [6.45, 7) is 5.08. The monoisotopic (exact) mass is 431 g/mol. The van der Waals surface area contributed by atoms with Crippen molar-refractivity contribution < 1.29 is 28.5 Å². The van der Waals surface area contributed by atoms with Crippen molar-refractivity contribution in [2.45, 2.75) is 44.1 Å². The minimum atomic E-state index is -1.20. The van der Waals surface area contributed by atoms with E-state index in [1.165, 1.54) is 6.92 Å². The normalized spacial score (nSPS) is 27.1. The molecule has 1 aliphatic rings. The van der Waals surface area contributed by atoms with Gasteiger partial charge in [-0.3, -0.25) is 10.2 Å². The lowest BCUT2D eigenvalue weighted by Gasteiger charge is -2.43. The molecule has 0 radical (unpaired) electrons. The van der Waals surface area contributed by atoms with Crippen molar-refractivity contribution >= 4 is 41.0 Å². The molecular weight excluding hydrogens is 409 g/mol. The number of hydrogen-bond donors (Lipinski definition) is 1. The number of halogens is 2. The van der Waals surface area contributed by atoms with E-state index < -0.39 is 41.2 Å². The highest BCUT2D eigenvalue weighted by Crippen LogP contribution is 2.34. The number of hydrogen-bond acceptors (Lipinski definition) is 7. The Bertz CT molecular complexity index is 699. The largest absolute Gasteiger partial charge is 0.463 e. The third kappa shape index (κ3) is 5.83. The molecule has 1 N–H and O–H groups in total. The van der Waals surface area contributed by atoms with Gasteiger partial charge < -0.3 is 18.9 Å². The maximum absolute atomic E-state index is 12.5. The predicted molar refractivity (Wildman–Crippen MR) is 104 cm³/mol. The first-order valence-electron chi connectivity index (χ1n) is 8.78. The average molecular weight is 432 g/mol. The van der Waals surface area contributed by atoms with Crippen LogP contribution in [0.3, 0.4) is 0 Å². The van der Waals surface area contributed by atoms with Gasteiger partial charge in [0, 0.05) is 12.8 Å². The summed E-state index contributed by atoms with van der Waals surface area (Å²) in [5.41, 5.74) is 0.380. The number of esters is 2. The standard InChI is InChI=1S/C19H23Cl2NO6/c1-10-11(2)15(27-18(24)13-7-5-4-6-8-13)19(28-17(22)16(20)21)26-14(10)9-25-12(3)23/h4-8,10-11,14-16,19,22H,9H2,1-3H3/t10-,11-,14?,15?,19+/m0/s1. The Labute approximate surface area is 173 Å². The van der Waals surface area contributed by atoms with Crippen LogP contribution in [0.15, 0.2) is 30.3 Å². The zero-order valence-corrected chi connectivity index (χ0v) is 17.3. The molecule has 1 aromatic rings. The number of carbonyl (C=O) groups is 2. The van der Waals surface area contributed by atoms with E-state index in [0.29, 0.717) is 5.56 Å². The van der Waals surface area contributed by atoms with Gasteiger partial charge in [-0.1, -0.05) is 55.2 Å². The molecule has 1 aliphatic heterocycles. The molecule has 7 nitrogen and oxygen atoms in total. The fraction of sp³-hybridized carbons (Fsp3) is 0.526. The number of nitrogens with one attached hydrogen (secondary N) is 1. The van der Waals surface area contributed by atoms with Crippen molar-refractivity contribution in [3.05, 3.63) is 35.9 Å². The van der Waals surface area contributed by atoms with Crippen LogP contribution in [0.2, 0.25) is 0 Å². The van der Waals surface area contributed by atoms with E-state index in [4.69, 9.17) is 47.6 Å². The summed E-state index contributed by atoms with van der Waals surface area (Å²) in [5, 5.41) is 7.78. The summed E-state index contributed by atoms with van der Waals surface area (Å²) in [6.07, 6.45) is -2.44. The molecule has 0 amide bonds. The molecule has 2 unspecified atom stereocenters. The smallest absolute Gasteiger partial charge is 0.338 e. The maximum Gasteiger partial charge on any atom is 0.338 e. The second-order valence-electron chi connectivity index (χ2n) is 6.58. The molecule has 0 aliphatic carbocycles. The molecule has 9 heteroatoms. The molecule has 0 saturated carbocycles. The number of benzene rings is 1. The van der Waals surface area contributed by atoms with Crippen LogP contribution in [0.1, 0.15) is 31.1 Å². The third-order valence-electron chi connectivity index (χ3n) is 4.66. The van der Waals surface area contributed by atoms with Gasteiger partial charge in [0.25, 0.3) is 0 Å². The number of carbonyl (C=O) groups excluding carboxylic acids is 2. The molecule has 1 saturated heterocycles. The van der Waals surface area contributed by atoms with Gasteiger partial charge in [0.2, 0.25) is 12.2 Å². The Morgan fingerprint density at radius 2 is 1.79 bits per heavy atom. The summed E-state index contributed by atoms with van der Waals surface area (Å²) in [4.78, 5) is 22.5. The summed E-state index contributed by atoms with van der Waals surface area (Å²) < 4.78 is 22.0. The van der Waals surface area contributed by atoms with Crippen LogP contribution in [-0.4, -0.2) is 47.8 Å². The first kappa shape index (κ1) is 22.5. The summed E-state index contributed by atoms with van der Waals surface area (Å²) in [7, 11) is 0. The topological polar surface area (TPSA) is 94.9 Å². The molecule has 1 fully saturated rings. The van der Waals surface area contributed by atoms with Crippen molar-refractivity contribution in [1.29, 1.82) is 5.41 Å². The van der Waals surface area contributed by atoms with Gasteiger partial charge in [-0.2, -0.15) is 0 Å². The minimum Gasteiger partial charge on any atom is -0.463 e. The number of ether oxygens (including phenoxy) is 4. The Hall–Kier alpha value is -1.83. The van der Waals surface area contributed by atoms with E-state index in [2.05, 4.69) is 0 Å². The fourth-order valence-corrected chi connectivity index (χ4v) is 2.95. The molecule has 0 bridgehead atoms. The maximum atomic E-state index is 12.5. The van der Waals surface area contributed by atoms with Crippen molar-refractivity contribution in [2.75, 3.05) is 6.61 Å². The van der Waals surface area contributed by atoms with E-state index in [-0.39, 0.29) is 18.4 Å².